The minimum atomic E-state index is -4.71. The first-order valence-corrected chi connectivity index (χ1v) is 7.28. The van der Waals surface area contributed by atoms with E-state index in [2.05, 4.69) is 5.43 Å². The van der Waals surface area contributed by atoms with Crippen molar-refractivity contribution in [2.45, 2.75) is 37.7 Å². The van der Waals surface area contributed by atoms with Crippen LogP contribution < -0.4 is 11.3 Å². The van der Waals surface area contributed by atoms with Gasteiger partial charge in [0.1, 0.15) is 5.82 Å². The summed E-state index contributed by atoms with van der Waals surface area (Å²) in [5.41, 5.74) is 1.56. The fourth-order valence-corrected chi connectivity index (χ4v) is 2.64. The van der Waals surface area contributed by atoms with E-state index in [1.165, 1.54) is 6.07 Å². The number of alkyl halides is 3. The van der Waals surface area contributed by atoms with Gasteiger partial charge in [-0.3, -0.25) is 11.3 Å². The highest BCUT2D eigenvalue weighted by molar-refractivity contribution is 7.99. The van der Waals surface area contributed by atoms with Gasteiger partial charge in [-0.25, -0.2) is 4.39 Å². The van der Waals surface area contributed by atoms with Gasteiger partial charge in [-0.2, -0.15) is 24.9 Å². The van der Waals surface area contributed by atoms with Crippen molar-refractivity contribution >= 4 is 11.8 Å². The summed E-state index contributed by atoms with van der Waals surface area (Å²) in [5, 5.41) is 0.383. The Kier molecular flexibility index (Phi) is 6.29. The zero-order valence-corrected chi connectivity index (χ0v) is 12.1. The number of thioether (sulfide) groups is 1. The van der Waals surface area contributed by atoms with Crippen molar-refractivity contribution in [3.63, 3.8) is 0 Å². The standard InChI is InChI=1S/C13H18F4N2S/c1-3-8(2)20-7-12(19-18)9-4-5-11(14)10(6-9)13(15,16)17/h4-6,8,12,19H,3,7,18H2,1-2H3. The van der Waals surface area contributed by atoms with Gasteiger partial charge in [-0.15, -0.1) is 0 Å². The second-order valence-electron chi connectivity index (χ2n) is 4.51. The molecule has 7 heteroatoms. The average Bonchev–Trinajstić information content (AvgIpc) is 2.39. The molecule has 1 aromatic carbocycles. The summed E-state index contributed by atoms with van der Waals surface area (Å²) in [5.74, 6) is 4.64. The zero-order chi connectivity index (χ0) is 15.3. The highest BCUT2D eigenvalue weighted by Crippen LogP contribution is 2.33. The van der Waals surface area contributed by atoms with Crippen LogP contribution in [0.5, 0.6) is 0 Å². The number of hydrogen-bond donors (Lipinski definition) is 2. The molecule has 114 valence electrons. The molecule has 0 heterocycles. The molecule has 0 aliphatic heterocycles. The first-order valence-electron chi connectivity index (χ1n) is 6.24. The maximum atomic E-state index is 13.2. The number of rotatable bonds is 6. The fraction of sp³-hybridized carbons (Fsp3) is 0.538. The lowest BCUT2D eigenvalue weighted by molar-refractivity contribution is -0.140. The summed E-state index contributed by atoms with van der Waals surface area (Å²) in [4.78, 5) is 0. The number of hydrazine groups is 1. The van der Waals surface area contributed by atoms with Crippen LogP contribution in [-0.2, 0) is 6.18 Å². The van der Waals surface area contributed by atoms with E-state index in [0.717, 1.165) is 18.6 Å². The lowest BCUT2D eigenvalue weighted by Crippen LogP contribution is -2.30. The Hall–Kier alpha value is -0.790. The van der Waals surface area contributed by atoms with Gasteiger partial charge < -0.3 is 0 Å². The Morgan fingerprint density at radius 3 is 2.50 bits per heavy atom. The molecule has 1 rings (SSSR count). The predicted octanol–water partition coefficient (Wildman–Crippen LogP) is 3.88. The van der Waals surface area contributed by atoms with Crippen LogP contribution in [-0.4, -0.2) is 11.0 Å². The highest BCUT2D eigenvalue weighted by Gasteiger charge is 2.34. The average molecular weight is 310 g/mol. The molecular weight excluding hydrogens is 292 g/mol. The van der Waals surface area contributed by atoms with E-state index < -0.39 is 23.6 Å². The van der Waals surface area contributed by atoms with Crippen LogP contribution >= 0.6 is 11.8 Å². The summed E-state index contributed by atoms with van der Waals surface area (Å²) in [6.07, 6.45) is -3.75. The summed E-state index contributed by atoms with van der Waals surface area (Å²) in [6.45, 7) is 4.06. The molecule has 3 N–H and O–H groups in total. The number of hydrogen-bond acceptors (Lipinski definition) is 3. The van der Waals surface area contributed by atoms with E-state index in [1.54, 1.807) is 11.8 Å². The largest absolute Gasteiger partial charge is 0.419 e. The van der Waals surface area contributed by atoms with Crippen molar-refractivity contribution < 1.29 is 17.6 Å². The SMILES string of the molecule is CCC(C)SCC(NN)c1ccc(F)c(C(F)(F)F)c1. The lowest BCUT2D eigenvalue weighted by atomic mass is 10.0. The second kappa shape index (κ2) is 7.28. The summed E-state index contributed by atoms with van der Waals surface area (Å²) in [7, 11) is 0. The molecule has 0 aliphatic carbocycles. The van der Waals surface area contributed by atoms with Gasteiger partial charge in [0.05, 0.1) is 11.6 Å². The number of benzene rings is 1. The van der Waals surface area contributed by atoms with Crippen LogP contribution in [0.3, 0.4) is 0 Å². The normalized spacial score (nSPS) is 15.2. The lowest BCUT2D eigenvalue weighted by Gasteiger charge is -2.19. The predicted molar refractivity (Wildman–Crippen MR) is 73.7 cm³/mol. The van der Waals surface area contributed by atoms with Gasteiger partial charge in [-0.1, -0.05) is 19.9 Å². The van der Waals surface area contributed by atoms with Crippen molar-refractivity contribution in [1.29, 1.82) is 0 Å². The monoisotopic (exact) mass is 310 g/mol. The van der Waals surface area contributed by atoms with Gasteiger partial charge in [0, 0.05) is 11.0 Å². The molecule has 2 atom stereocenters. The van der Waals surface area contributed by atoms with E-state index in [1.807, 2.05) is 13.8 Å². The van der Waals surface area contributed by atoms with Gasteiger partial charge in [0.15, 0.2) is 0 Å². The van der Waals surface area contributed by atoms with Crippen LogP contribution in [0.15, 0.2) is 18.2 Å². The molecular formula is C13H18F4N2S. The van der Waals surface area contributed by atoms with Gasteiger partial charge >= 0.3 is 6.18 Å². The molecule has 0 aliphatic rings. The van der Waals surface area contributed by atoms with E-state index in [0.29, 0.717) is 16.6 Å². The van der Waals surface area contributed by atoms with Crippen molar-refractivity contribution in [1.82, 2.24) is 5.43 Å². The van der Waals surface area contributed by atoms with Gasteiger partial charge in [0.2, 0.25) is 0 Å². The number of halogens is 4. The highest BCUT2D eigenvalue weighted by atomic mass is 32.2. The van der Waals surface area contributed by atoms with Crippen LogP contribution in [0.4, 0.5) is 17.6 Å². The maximum absolute atomic E-state index is 13.2. The van der Waals surface area contributed by atoms with Crippen molar-refractivity contribution in [3.8, 4) is 0 Å². The molecule has 1 aromatic rings. The smallest absolute Gasteiger partial charge is 0.271 e. The molecule has 0 saturated heterocycles. The van der Waals surface area contributed by atoms with Crippen LogP contribution in [0, 0.1) is 5.82 Å². The molecule has 0 fully saturated rings. The third kappa shape index (κ3) is 4.64. The van der Waals surface area contributed by atoms with E-state index >= 15 is 0 Å². The first kappa shape index (κ1) is 17.3. The van der Waals surface area contributed by atoms with Crippen LogP contribution in [0.1, 0.15) is 37.4 Å². The zero-order valence-electron chi connectivity index (χ0n) is 11.3. The van der Waals surface area contributed by atoms with Crippen LogP contribution in [0.25, 0.3) is 0 Å². The summed E-state index contributed by atoms with van der Waals surface area (Å²) < 4.78 is 51.2. The Balaban J connectivity index is 2.93. The third-order valence-corrected chi connectivity index (χ3v) is 4.45. The Morgan fingerprint density at radius 2 is 2.00 bits per heavy atom. The molecule has 0 spiro atoms. The molecule has 0 saturated carbocycles. The second-order valence-corrected chi connectivity index (χ2v) is 5.98. The van der Waals surface area contributed by atoms with Crippen molar-refractivity contribution in [3.05, 3.63) is 35.1 Å². The molecule has 0 bridgehead atoms. The van der Waals surface area contributed by atoms with Crippen LogP contribution in [0.2, 0.25) is 0 Å². The molecule has 0 aromatic heterocycles. The Morgan fingerprint density at radius 1 is 1.35 bits per heavy atom. The van der Waals surface area contributed by atoms with Crippen molar-refractivity contribution in [2.75, 3.05) is 5.75 Å². The van der Waals surface area contributed by atoms with E-state index in [-0.39, 0.29) is 0 Å². The number of nitrogens with one attached hydrogen (secondary N) is 1. The molecule has 2 unspecified atom stereocenters. The number of nitrogens with two attached hydrogens (primary N) is 1. The molecule has 20 heavy (non-hydrogen) atoms. The summed E-state index contributed by atoms with van der Waals surface area (Å²) in [6, 6.07) is 2.52. The molecule has 2 nitrogen and oxygen atoms in total. The van der Waals surface area contributed by atoms with Gasteiger partial charge in [0.25, 0.3) is 0 Å². The van der Waals surface area contributed by atoms with E-state index in [9.17, 15) is 17.6 Å². The Bertz CT molecular complexity index is 437. The van der Waals surface area contributed by atoms with Gasteiger partial charge in [-0.05, 0) is 24.1 Å². The fourth-order valence-electron chi connectivity index (χ4n) is 1.60. The molecule has 0 amide bonds. The minimum absolute atomic E-state index is 0.331. The topological polar surface area (TPSA) is 38.0 Å². The maximum Gasteiger partial charge on any atom is 0.419 e. The Labute approximate surface area is 120 Å². The minimum Gasteiger partial charge on any atom is -0.271 e. The first-order chi connectivity index (χ1) is 9.29. The third-order valence-electron chi connectivity index (χ3n) is 3.02. The van der Waals surface area contributed by atoms with Crippen molar-refractivity contribution in [2.24, 2.45) is 5.84 Å². The van der Waals surface area contributed by atoms with E-state index in [4.69, 9.17) is 5.84 Å². The quantitative estimate of drug-likeness (QED) is 0.476. The summed E-state index contributed by atoms with van der Waals surface area (Å²) >= 11 is 1.60. The molecule has 0 radical (unpaired) electrons.